The molecule has 1 aromatic carbocycles. The monoisotopic (exact) mass is 386 g/mol. The Bertz CT molecular complexity index is 915. The van der Waals surface area contributed by atoms with Crippen LogP contribution in [-0.2, 0) is 17.0 Å². The second kappa shape index (κ2) is 6.56. The van der Waals surface area contributed by atoms with Gasteiger partial charge >= 0.3 is 5.92 Å². The Kier molecular flexibility index (Phi) is 4.54. The van der Waals surface area contributed by atoms with E-state index in [1.807, 2.05) is 0 Å². The lowest BCUT2D eigenvalue weighted by atomic mass is 9.85. The first kappa shape index (κ1) is 18.7. The van der Waals surface area contributed by atoms with E-state index in [4.69, 9.17) is 10.2 Å². The van der Waals surface area contributed by atoms with Crippen LogP contribution in [0.4, 0.5) is 23.2 Å². The molecule has 0 fully saturated rings. The van der Waals surface area contributed by atoms with E-state index in [0.29, 0.717) is 0 Å². The molecule has 1 atom stereocenters. The van der Waals surface area contributed by atoms with Gasteiger partial charge in [0.25, 0.3) is 11.9 Å². The summed E-state index contributed by atoms with van der Waals surface area (Å²) >= 11 is 0. The zero-order chi connectivity index (χ0) is 19.8. The van der Waals surface area contributed by atoms with Crippen molar-refractivity contribution in [1.82, 2.24) is 4.98 Å². The van der Waals surface area contributed by atoms with Crippen LogP contribution in [0.25, 0.3) is 0 Å². The molecule has 0 spiro atoms. The first-order valence-corrected chi connectivity index (χ1v) is 7.64. The van der Waals surface area contributed by atoms with Gasteiger partial charge in [-0.1, -0.05) is 0 Å². The number of amidine groups is 1. The van der Waals surface area contributed by atoms with E-state index in [9.17, 15) is 22.4 Å². The summed E-state index contributed by atoms with van der Waals surface area (Å²) in [4.78, 5) is 19.3. The fraction of sp³-hybridized carbons (Fsp3) is 0.312. The topological polar surface area (TPSA) is 103 Å². The molecule has 0 aliphatic carbocycles. The fourth-order valence-electron chi connectivity index (χ4n) is 2.54. The Morgan fingerprint density at radius 1 is 1.41 bits per heavy atom. The fourth-order valence-corrected chi connectivity index (χ4v) is 2.54. The normalized spacial score (nSPS) is 21.3. The van der Waals surface area contributed by atoms with Crippen molar-refractivity contribution in [3.05, 3.63) is 47.4 Å². The maximum Gasteiger partial charge on any atom is 0.310 e. The molecular weight excluding hydrogens is 372 g/mol. The van der Waals surface area contributed by atoms with Crippen molar-refractivity contribution in [1.29, 1.82) is 0 Å². The summed E-state index contributed by atoms with van der Waals surface area (Å²) in [5, 5.41) is 2.35. The van der Waals surface area contributed by atoms with Crippen LogP contribution in [-0.4, -0.2) is 29.4 Å². The lowest BCUT2D eigenvalue weighted by Gasteiger charge is -2.37. The van der Waals surface area contributed by atoms with Gasteiger partial charge in [0.15, 0.2) is 24.5 Å². The first-order chi connectivity index (χ1) is 12.7. The highest BCUT2D eigenvalue weighted by Gasteiger charge is 2.56. The van der Waals surface area contributed by atoms with Crippen LogP contribution in [0.15, 0.2) is 33.9 Å². The predicted molar refractivity (Wildman–Crippen MR) is 85.5 cm³/mol. The number of anilines is 1. The highest BCUT2D eigenvalue weighted by molar-refractivity contribution is 6.02. The maximum atomic E-state index is 14.4. The lowest BCUT2D eigenvalue weighted by molar-refractivity contribution is -0.117. The predicted octanol–water partition coefficient (Wildman–Crippen LogP) is 2.73. The molecule has 27 heavy (non-hydrogen) atoms. The molecule has 1 aliphatic heterocycles. The van der Waals surface area contributed by atoms with Crippen molar-refractivity contribution in [3.8, 4) is 0 Å². The third-order valence-electron chi connectivity index (χ3n) is 4.09. The number of rotatable bonds is 4. The Labute approximate surface area is 150 Å². The van der Waals surface area contributed by atoms with Gasteiger partial charge < -0.3 is 20.2 Å². The minimum atomic E-state index is -3.55. The Balaban J connectivity index is 1.95. The van der Waals surface area contributed by atoms with E-state index in [2.05, 4.69) is 20.0 Å². The van der Waals surface area contributed by atoms with Gasteiger partial charge in [0.2, 0.25) is 5.89 Å². The van der Waals surface area contributed by atoms with Crippen LogP contribution >= 0.6 is 0 Å². The number of benzene rings is 1. The highest BCUT2D eigenvalue weighted by Crippen LogP contribution is 2.44. The van der Waals surface area contributed by atoms with Crippen LogP contribution in [0.1, 0.15) is 28.9 Å². The number of aromatic nitrogens is 1. The number of aliphatic imine (C=N–C) groups is 1. The number of nitrogens with two attached hydrogens (primary N) is 1. The van der Waals surface area contributed by atoms with Crippen LogP contribution in [0.2, 0.25) is 0 Å². The number of carbonyl (C=O) groups is 1. The molecule has 0 saturated heterocycles. The van der Waals surface area contributed by atoms with Crippen molar-refractivity contribution < 1.29 is 31.5 Å². The van der Waals surface area contributed by atoms with Crippen molar-refractivity contribution in [2.75, 3.05) is 11.9 Å². The standard InChI is InChI=1S/C16H14F4N4O3/c1-15(16(19,20)7-27-14(21)24-15)9-4-8(2-3-10(9)18)22-13(25)11-6-26-12(5-17)23-11/h2-4,6H,5,7H2,1H3,(H2,21,24)(H,22,25)/t15-/m1/s1. The quantitative estimate of drug-likeness (QED) is 0.787. The van der Waals surface area contributed by atoms with Gasteiger partial charge in [-0.15, -0.1) is 0 Å². The molecule has 11 heteroatoms. The molecule has 0 saturated carbocycles. The van der Waals surface area contributed by atoms with E-state index in [-0.39, 0.29) is 17.3 Å². The Morgan fingerprint density at radius 3 is 2.81 bits per heavy atom. The van der Waals surface area contributed by atoms with Crippen molar-refractivity contribution in [2.24, 2.45) is 10.7 Å². The van der Waals surface area contributed by atoms with Gasteiger partial charge in [-0.3, -0.25) is 4.79 Å². The summed E-state index contributed by atoms with van der Waals surface area (Å²) in [5.74, 6) is -5.60. The van der Waals surface area contributed by atoms with E-state index < -0.39 is 48.1 Å². The number of oxazole rings is 1. The molecule has 2 aromatic rings. The molecule has 1 amide bonds. The number of nitrogens with zero attached hydrogens (tertiary/aromatic N) is 2. The number of nitrogens with one attached hydrogen (secondary N) is 1. The van der Waals surface area contributed by atoms with E-state index in [0.717, 1.165) is 25.3 Å². The number of alkyl halides is 3. The van der Waals surface area contributed by atoms with Crippen LogP contribution in [0, 0.1) is 5.82 Å². The van der Waals surface area contributed by atoms with Crippen molar-refractivity contribution in [2.45, 2.75) is 25.1 Å². The summed E-state index contributed by atoms with van der Waals surface area (Å²) in [6, 6.07) is 2.59. The molecule has 0 radical (unpaired) electrons. The molecule has 7 nitrogen and oxygen atoms in total. The molecule has 1 aromatic heterocycles. The molecule has 0 unspecified atom stereocenters. The van der Waals surface area contributed by atoms with E-state index in [1.54, 1.807) is 0 Å². The smallest absolute Gasteiger partial charge is 0.310 e. The second-order valence-electron chi connectivity index (χ2n) is 5.92. The Hall–Kier alpha value is -3.11. The zero-order valence-electron chi connectivity index (χ0n) is 13.9. The van der Waals surface area contributed by atoms with E-state index >= 15 is 0 Å². The molecule has 3 N–H and O–H groups in total. The summed E-state index contributed by atoms with van der Waals surface area (Å²) in [6.07, 6.45) is 0.938. The van der Waals surface area contributed by atoms with Crippen LogP contribution < -0.4 is 11.1 Å². The summed E-state index contributed by atoms with van der Waals surface area (Å²) in [6.45, 7) is -1.06. The third kappa shape index (κ3) is 3.32. The number of amides is 1. The number of carbonyl (C=O) groups excluding carboxylic acids is 1. The summed E-state index contributed by atoms with van der Waals surface area (Å²) in [7, 11) is 0. The summed E-state index contributed by atoms with van der Waals surface area (Å²) < 4.78 is 64.8. The first-order valence-electron chi connectivity index (χ1n) is 7.64. The van der Waals surface area contributed by atoms with Gasteiger partial charge in [-0.25, -0.2) is 18.8 Å². The number of hydrogen-bond acceptors (Lipinski definition) is 6. The summed E-state index contributed by atoms with van der Waals surface area (Å²) in [5.41, 5.74) is 2.33. The number of hydrogen-bond donors (Lipinski definition) is 2. The van der Waals surface area contributed by atoms with Gasteiger partial charge in [-0.05, 0) is 25.1 Å². The van der Waals surface area contributed by atoms with Gasteiger partial charge in [0, 0.05) is 11.3 Å². The Morgan fingerprint density at radius 2 is 2.15 bits per heavy atom. The molecule has 1 aliphatic rings. The third-order valence-corrected chi connectivity index (χ3v) is 4.09. The van der Waals surface area contributed by atoms with Crippen molar-refractivity contribution >= 4 is 17.6 Å². The minimum Gasteiger partial charge on any atom is -0.459 e. The van der Waals surface area contributed by atoms with Gasteiger partial charge in [0.1, 0.15) is 12.1 Å². The van der Waals surface area contributed by atoms with Crippen LogP contribution in [0.3, 0.4) is 0 Å². The highest BCUT2D eigenvalue weighted by atomic mass is 19.3. The number of halogens is 4. The molecular formula is C16H14F4N4O3. The SMILES string of the molecule is C[C@]1(c2cc(NC(=O)c3coc(CF)n3)ccc2F)N=C(N)OCC1(F)F. The molecule has 2 heterocycles. The minimum absolute atomic E-state index is 0.00140. The van der Waals surface area contributed by atoms with Crippen LogP contribution in [0.5, 0.6) is 0 Å². The number of ether oxygens (including phenoxy) is 1. The van der Waals surface area contributed by atoms with Gasteiger partial charge in [0.05, 0.1) is 0 Å². The molecule has 144 valence electrons. The molecule has 3 rings (SSSR count). The van der Waals surface area contributed by atoms with Crippen molar-refractivity contribution in [3.63, 3.8) is 0 Å². The average Bonchev–Trinajstić information content (AvgIpc) is 3.10. The largest absolute Gasteiger partial charge is 0.459 e. The average molecular weight is 386 g/mol. The lowest BCUT2D eigenvalue weighted by Crippen LogP contribution is -2.51. The maximum absolute atomic E-state index is 14.4. The van der Waals surface area contributed by atoms with E-state index in [1.165, 1.54) is 6.07 Å². The van der Waals surface area contributed by atoms with Gasteiger partial charge in [-0.2, -0.15) is 8.78 Å². The zero-order valence-corrected chi connectivity index (χ0v) is 13.9. The molecule has 0 bridgehead atoms. The second-order valence-corrected chi connectivity index (χ2v) is 5.92.